The summed E-state index contributed by atoms with van der Waals surface area (Å²) in [6.07, 6.45) is 3.91. The van der Waals surface area contributed by atoms with Crippen LogP contribution in [0, 0.1) is 0 Å². The highest BCUT2D eigenvalue weighted by Gasteiger charge is 2.18. The van der Waals surface area contributed by atoms with Crippen molar-refractivity contribution < 1.29 is 9.32 Å². The highest BCUT2D eigenvalue weighted by molar-refractivity contribution is 5.96. The molecule has 0 saturated carbocycles. The lowest BCUT2D eigenvalue weighted by Gasteiger charge is -2.09. The van der Waals surface area contributed by atoms with Crippen LogP contribution >= 0.6 is 0 Å². The van der Waals surface area contributed by atoms with Gasteiger partial charge in [0.15, 0.2) is 11.5 Å². The number of pyridine rings is 1. The van der Waals surface area contributed by atoms with Crippen LogP contribution in [0.15, 0.2) is 53.4 Å². The fraction of sp³-hybridized carbons (Fsp3) is 0.211. The quantitative estimate of drug-likeness (QED) is 0.586. The second-order valence-corrected chi connectivity index (χ2v) is 6.11. The molecule has 0 aliphatic rings. The number of hydrogen-bond donors (Lipinski definition) is 1. The number of nitrogens with zero attached hydrogens (tertiary/aromatic N) is 5. The smallest absolute Gasteiger partial charge is 0.253 e. The summed E-state index contributed by atoms with van der Waals surface area (Å²) in [6, 6.07) is 11.1. The van der Waals surface area contributed by atoms with E-state index >= 15 is 0 Å². The van der Waals surface area contributed by atoms with Crippen LogP contribution in [-0.2, 0) is 6.42 Å². The number of aryl methyl sites for hydroxylation is 1. The standard InChI is InChI=1S/C19H18N6O2/c1-3-16-23-19(27-24-16)12(2)22-18(26)13-9-15-17(20-10-13)25(11-21-15)14-7-5-4-6-8-14/h4-12H,3H2,1-2H3,(H,22,26). The molecule has 0 saturated heterocycles. The van der Waals surface area contributed by atoms with Crippen LogP contribution < -0.4 is 5.32 Å². The Labute approximate surface area is 155 Å². The van der Waals surface area contributed by atoms with Crippen molar-refractivity contribution >= 4 is 17.1 Å². The van der Waals surface area contributed by atoms with Crippen molar-refractivity contribution in [1.82, 2.24) is 30.0 Å². The Balaban J connectivity index is 1.56. The van der Waals surface area contributed by atoms with E-state index in [1.54, 1.807) is 19.3 Å². The number of carbonyl (C=O) groups is 1. The SMILES string of the molecule is CCc1noc(C(C)NC(=O)c2cnc3c(c2)ncn3-c2ccccc2)n1. The molecule has 0 spiro atoms. The predicted octanol–water partition coefficient (Wildman–Crippen LogP) is 2.86. The minimum Gasteiger partial charge on any atom is -0.340 e. The molecule has 8 heteroatoms. The summed E-state index contributed by atoms with van der Waals surface area (Å²) < 4.78 is 7.05. The van der Waals surface area contributed by atoms with Crippen molar-refractivity contribution in [2.45, 2.75) is 26.3 Å². The van der Waals surface area contributed by atoms with E-state index in [9.17, 15) is 4.79 Å². The van der Waals surface area contributed by atoms with Gasteiger partial charge in [-0.05, 0) is 25.1 Å². The fourth-order valence-electron chi connectivity index (χ4n) is 2.73. The molecular weight excluding hydrogens is 344 g/mol. The third-order valence-corrected chi connectivity index (χ3v) is 4.20. The Morgan fingerprint density at radius 1 is 1.26 bits per heavy atom. The fourth-order valence-corrected chi connectivity index (χ4v) is 2.73. The molecule has 3 aromatic heterocycles. The first-order valence-corrected chi connectivity index (χ1v) is 8.67. The second-order valence-electron chi connectivity index (χ2n) is 6.11. The molecule has 1 aromatic carbocycles. The molecule has 0 aliphatic carbocycles. The molecule has 1 N–H and O–H groups in total. The number of rotatable bonds is 5. The van der Waals surface area contributed by atoms with Gasteiger partial charge in [-0.2, -0.15) is 4.98 Å². The minimum absolute atomic E-state index is 0.276. The number of imidazole rings is 1. The number of carbonyl (C=O) groups excluding carboxylic acids is 1. The Hall–Kier alpha value is -3.55. The summed E-state index contributed by atoms with van der Waals surface area (Å²) in [5.41, 5.74) is 2.71. The van der Waals surface area contributed by atoms with Crippen molar-refractivity contribution in [3.63, 3.8) is 0 Å². The number of fused-ring (bicyclic) bond motifs is 1. The molecular formula is C19H18N6O2. The molecule has 27 heavy (non-hydrogen) atoms. The lowest BCUT2D eigenvalue weighted by Crippen LogP contribution is -2.27. The van der Waals surface area contributed by atoms with E-state index in [0.29, 0.717) is 34.9 Å². The molecule has 1 unspecified atom stereocenters. The molecule has 0 aliphatic heterocycles. The topological polar surface area (TPSA) is 98.7 Å². The molecule has 1 amide bonds. The molecule has 1 atom stereocenters. The van der Waals surface area contributed by atoms with Gasteiger partial charge in [0, 0.05) is 18.3 Å². The van der Waals surface area contributed by atoms with E-state index in [-0.39, 0.29) is 5.91 Å². The van der Waals surface area contributed by atoms with E-state index in [0.717, 1.165) is 5.69 Å². The van der Waals surface area contributed by atoms with Crippen LogP contribution in [0.25, 0.3) is 16.9 Å². The highest BCUT2D eigenvalue weighted by Crippen LogP contribution is 2.18. The van der Waals surface area contributed by atoms with Gasteiger partial charge in [-0.3, -0.25) is 9.36 Å². The van der Waals surface area contributed by atoms with Gasteiger partial charge in [0.1, 0.15) is 17.9 Å². The first-order valence-electron chi connectivity index (χ1n) is 8.67. The van der Waals surface area contributed by atoms with Crippen LogP contribution in [0.3, 0.4) is 0 Å². The molecule has 4 rings (SSSR count). The largest absolute Gasteiger partial charge is 0.340 e. The molecule has 4 aromatic rings. The average Bonchev–Trinajstić information content (AvgIpc) is 3.35. The van der Waals surface area contributed by atoms with Gasteiger partial charge in [0.2, 0.25) is 5.89 Å². The molecule has 0 bridgehead atoms. The van der Waals surface area contributed by atoms with Crippen molar-refractivity contribution in [3.8, 4) is 5.69 Å². The van der Waals surface area contributed by atoms with E-state index < -0.39 is 6.04 Å². The van der Waals surface area contributed by atoms with E-state index in [4.69, 9.17) is 4.52 Å². The lowest BCUT2D eigenvalue weighted by molar-refractivity contribution is 0.0932. The average molecular weight is 362 g/mol. The molecule has 8 nitrogen and oxygen atoms in total. The van der Waals surface area contributed by atoms with Crippen LogP contribution in [-0.4, -0.2) is 30.6 Å². The maximum Gasteiger partial charge on any atom is 0.253 e. The maximum atomic E-state index is 12.5. The monoisotopic (exact) mass is 362 g/mol. The predicted molar refractivity (Wildman–Crippen MR) is 98.4 cm³/mol. The number of nitrogens with one attached hydrogen (secondary N) is 1. The van der Waals surface area contributed by atoms with Gasteiger partial charge in [-0.1, -0.05) is 30.3 Å². The zero-order valence-corrected chi connectivity index (χ0v) is 15.0. The summed E-state index contributed by atoms with van der Waals surface area (Å²) in [4.78, 5) is 25.6. The Morgan fingerprint density at radius 2 is 2.07 bits per heavy atom. The minimum atomic E-state index is -0.400. The normalized spacial score (nSPS) is 12.2. The van der Waals surface area contributed by atoms with Crippen molar-refractivity contribution in [3.05, 3.63) is 66.2 Å². The Kier molecular flexibility index (Phi) is 4.37. The molecule has 3 heterocycles. The summed E-state index contributed by atoms with van der Waals surface area (Å²) in [5.74, 6) is 0.714. The Morgan fingerprint density at radius 3 is 2.81 bits per heavy atom. The number of benzene rings is 1. The summed E-state index contributed by atoms with van der Waals surface area (Å²) in [7, 11) is 0. The number of para-hydroxylation sites is 1. The van der Waals surface area contributed by atoms with Crippen molar-refractivity contribution in [2.75, 3.05) is 0 Å². The zero-order chi connectivity index (χ0) is 18.8. The number of hydrogen-bond acceptors (Lipinski definition) is 6. The van der Waals surface area contributed by atoms with Gasteiger partial charge in [-0.15, -0.1) is 0 Å². The van der Waals surface area contributed by atoms with Crippen molar-refractivity contribution in [2.24, 2.45) is 0 Å². The first kappa shape index (κ1) is 16.9. The van der Waals surface area contributed by atoms with Gasteiger partial charge in [0.25, 0.3) is 5.91 Å². The Bertz CT molecular complexity index is 1090. The third-order valence-electron chi connectivity index (χ3n) is 4.20. The summed E-state index contributed by atoms with van der Waals surface area (Å²) in [6.45, 7) is 3.73. The van der Waals surface area contributed by atoms with Crippen LogP contribution in [0.5, 0.6) is 0 Å². The van der Waals surface area contributed by atoms with E-state index in [2.05, 4.69) is 25.4 Å². The number of amides is 1. The van der Waals surface area contributed by atoms with Crippen molar-refractivity contribution in [1.29, 1.82) is 0 Å². The highest BCUT2D eigenvalue weighted by atomic mass is 16.5. The summed E-state index contributed by atoms with van der Waals surface area (Å²) >= 11 is 0. The van der Waals surface area contributed by atoms with Crippen LogP contribution in [0.2, 0.25) is 0 Å². The lowest BCUT2D eigenvalue weighted by atomic mass is 10.2. The first-order chi connectivity index (χ1) is 13.2. The molecule has 136 valence electrons. The molecule has 0 radical (unpaired) electrons. The van der Waals surface area contributed by atoms with Gasteiger partial charge in [-0.25, -0.2) is 9.97 Å². The van der Waals surface area contributed by atoms with Gasteiger partial charge >= 0.3 is 0 Å². The third kappa shape index (κ3) is 3.29. The van der Waals surface area contributed by atoms with Crippen LogP contribution in [0.4, 0.5) is 0 Å². The molecule has 0 fully saturated rings. The number of aromatic nitrogens is 5. The van der Waals surface area contributed by atoms with E-state index in [1.165, 1.54) is 6.20 Å². The maximum absolute atomic E-state index is 12.5. The second kappa shape index (κ2) is 6.99. The van der Waals surface area contributed by atoms with E-state index in [1.807, 2.05) is 41.8 Å². The zero-order valence-electron chi connectivity index (χ0n) is 15.0. The van der Waals surface area contributed by atoms with Gasteiger partial charge < -0.3 is 9.84 Å². The summed E-state index contributed by atoms with van der Waals surface area (Å²) in [5, 5.41) is 6.69. The van der Waals surface area contributed by atoms with Crippen LogP contribution in [0.1, 0.15) is 42.0 Å². The van der Waals surface area contributed by atoms with Gasteiger partial charge in [0.05, 0.1) is 5.56 Å².